The van der Waals surface area contributed by atoms with Crippen molar-refractivity contribution in [3.8, 4) is 16.9 Å². The molecule has 2 aliphatic rings. The molecule has 4 heterocycles. The Hall–Kier alpha value is -3.70. The lowest BCUT2D eigenvalue weighted by Gasteiger charge is -2.27. The zero-order chi connectivity index (χ0) is 27.5. The van der Waals surface area contributed by atoms with Gasteiger partial charge in [-0.1, -0.05) is 11.2 Å². The third-order valence-electron chi connectivity index (χ3n) is 7.86. The fourth-order valence-corrected chi connectivity index (χ4v) is 6.88. The summed E-state index contributed by atoms with van der Waals surface area (Å²) in [4.78, 5) is 20.1. The van der Waals surface area contributed by atoms with E-state index in [4.69, 9.17) is 14.2 Å². The minimum atomic E-state index is -3.32. The molecule has 0 spiro atoms. The lowest BCUT2D eigenvalue weighted by Crippen LogP contribution is -2.31. The van der Waals surface area contributed by atoms with E-state index < -0.39 is 10.0 Å². The van der Waals surface area contributed by atoms with E-state index in [-0.39, 0.29) is 18.0 Å². The van der Waals surface area contributed by atoms with Crippen LogP contribution in [-0.2, 0) is 14.8 Å². The molecule has 0 bridgehead atoms. The number of fused-ring (bicyclic) bond motifs is 1. The Morgan fingerprint density at radius 2 is 1.85 bits per heavy atom. The molecule has 39 heavy (non-hydrogen) atoms. The molecule has 2 aromatic heterocycles. The van der Waals surface area contributed by atoms with Gasteiger partial charge in [0.25, 0.3) is 0 Å². The summed E-state index contributed by atoms with van der Waals surface area (Å²) >= 11 is 0. The van der Waals surface area contributed by atoms with Crippen LogP contribution < -0.4 is 9.64 Å². The van der Waals surface area contributed by atoms with Gasteiger partial charge in [-0.2, -0.15) is 0 Å². The lowest BCUT2D eigenvalue weighted by atomic mass is 10.0. The third kappa shape index (κ3) is 4.39. The number of hydrogen-bond acceptors (Lipinski definition) is 7. The van der Waals surface area contributed by atoms with Crippen molar-refractivity contribution in [3.63, 3.8) is 0 Å². The number of carbonyl (C=O) groups is 1. The second-order valence-corrected chi connectivity index (χ2v) is 12.3. The molecule has 2 aromatic carbocycles. The molecule has 0 saturated carbocycles. The van der Waals surface area contributed by atoms with Crippen molar-refractivity contribution in [3.05, 3.63) is 59.7 Å². The number of methoxy groups -OCH3 is 1. The van der Waals surface area contributed by atoms with Crippen LogP contribution >= 0.6 is 0 Å². The summed E-state index contributed by atoms with van der Waals surface area (Å²) in [5, 5.41) is 4.10. The normalized spacial score (nSPS) is 20.4. The summed E-state index contributed by atoms with van der Waals surface area (Å²) < 4.78 is 39.1. The number of benzene rings is 2. The first kappa shape index (κ1) is 25.6. The molecule has 2 fully saturated rings. The van der Waals surface area contributed by atoms with Crippen LogP contribution in [0.25, 0.3) is 22.2 Å². The summed E-state index contributed by atoms with van der Waals surface area (Å²) in [6.07, 6.45) is 2.94. The van der Waals surface area contributed by atoms with E-state index in [1.165, 1.54) is 10.6 Å². The minimum Gasteiger partial charge on any atom is -0.497 e. The molecule has 11 heteroatoms. The highest BCUT2D eigenvalue weighted by Gasteiger charge is 2.39. The van der Waals surface area contributed by atoms with Crippen molar-refractivity contribution < 1.29 is 22.5 Å². The molecule has 0 unspecified atom stereocenters. The molecule has 0 radical (unpaired) electrons. The first-order chi connectivity index (χ1) is 18.7. The van der Waals surface area contributed by atoms with Crippen molar-refractivity contribution in [1.29, 1.82) is 0 Å². The summed E-state index contributed by atoms with van der Waals surface area (Å²) in [7, 11) is -1.71. The highest BCUT2D eigenvalue weighted by Crippen LogP contribution is 2.41. The number of hydrogen-bond donors (Lipinski definition) is 0. The Labute approximate surface area is 227 Å². The zero-order valence-electron chi connectivity index (χ0n) is 22.4. The van der Waals surface area contributed by atoms with E-state index in [0.29, 0.717) is 38.1 Å². The van der Waals surface area contributed by atoms with Crippen molar-refractivity contribution in [2.24, 2.45) is 0 Å². The Bertz CT molecular complexity index is 1650. The van der Waals surface area contributed by atoms with E-state index in [0.717, 1.165) is 45.1 Å². The standard InChI is InChI=1S/C28H31N5O5S/c1-17-27(18(2)38-30-17)19-5-10-24-23(15-19)29-28(33(24)21-13-14-31(16-21)39(4,35)36)25-11-12-26(34)32(25)20-6-8-22(37-3)9-7-20/h5-10,15,21,25H,11-14,16H2,1-4H3/t21-,25+/m1/s1. The van der Waals surface area contributed by atoms with Gasteiger partial charge in [0.05, 0.1) is 42.2 Å². The van der Waals surface area contributed by atoms with Gasteiger partial charge < -0.3 is 18.7 Å². The highest BCUT2D eigenvalue weighted by molar-refractivity contribution is 7.88. The number of aryl methyl sites for hydroxylation is 2. The maximum atomic E-state index is 13.2. The van der Waals surface area contributed by atoms with Gasteiger partial charge in [0.15, 0.2) is 0 Å². The Morgan fingerprint density at radius 3 is 2.49 bits per heavy atom. The van der Waals surface area contributed by atoms with Crippen LogP contribution in [0, 0.1) is 13.8 Å². The molecule has 1 amide bonds. The van der Waals surface area contributed by atoms with Gasteiger partial charge in [-0.15, -0.1) is 0 Å². The summed E-state index contributed by atoms with van der Waals surface area (Å²) in [6, 6.07) is 13.2. The number of sulfonamides is 1. The first-order valence-corrected chi connectivity index (χ1v) is 14.9. The predicted molar refractivity (Wildman–Crippen MR) is 147 cm³/mol. The molecule has 0 N–H and O–H groups in total. The van der Waals surface area contributed by atoms with Crippen molar-refractivity contribution in [1.82, 2.24) is 19.0 Å². The predicted octanol–water partition coefficient (Wildman–Crippen LogP) is 4.39. The van der Waals surface area contributed by atoms with Gasteiger partial charge in [0.1, 0.15) is 17.3 Å². The first-order valence-electron chi connectivity index (χ1n) is 13.0. The Morgan fingerprint density at radius 1 is 1.08 bits per heavy atom. The zero-order valence-corrected chi connectivity index (χ0v) is 23.2. The van der Waals surface area contributed by atoms with Crippen molar-refractivity contribution >= 4 is 32.7 Å². The fraction of sp³-hybridized carbons (Fsp3) is 0.393. The molecular weight excluding hydrogens is 518 g/mol. The van der Waals surface area contributed by atoms with E-state index >= 15 is 0 Å². The Kier molecular flexibility index (Phi) is 6.22. The van der Waals surface area contributed by atoms with E-state index in [1.807, 2.05) is 61.2 Å². The maximum Gasteiger partial charge on any atom is 0.227 e. The van der Waals surface area contributed by atoms with Crippen LogP contribution in [-0.4, -0.2) is 59.8 Å². The molecule has 0 aliphatic carbocycles. The quantitative estimate of drug-likeness (QED) is 0.351. The number of carbonyl (C=O) groups excluding carboxylic acids is 1. The van der Waals surface area contributed by atoms with E-state index in [2.05, 4.69) is 9.72 Å². The van der Waals surface area contributed by atoms with Crippen LogP contribution in [0.4, 0.5) is 5.69 Å². The molecule has 6 rings (SSSR count). The van der Waals surface area contributed by atoms with Crippen molar-refractivity contribution in [2.75, 3.05) is 31.4 Å². The maximum absolute atomic E-state index is 13.2. The molecule has 10 nitrogen and oxygen atoms in total. The summed E-state index contributed by atoms with van der Waals surface area (Å²) in [6.45, 7) is 4.62. The van der Waals surface area contributed by atoms with E-state index in [9.17, 15) is 13.2 Å². The van der Waals surface area contributed by atoms with Crippen LogP contribution in [0.1, 0.15) is 48.6 Å². The number of imidazole rings is 1. The van der Waals surface area contributed by atoms with Gasteiger partial charge in [-0.3, -0.25) is 4.79 Å². The Balaban J connectivity index is 1.49. The van der Waals surface area contributed by atoms with Crippen LogP contribution in [0.15, 0.2) is 47.0 Å². The number of nitrogens with zero attached hydrogens (tertiary/aromatic N) is 5. The molecular formula is C28H31N5O5S. The highest BCUT2D eigenvalue weighted by atomic mass is 32.2. The minimum absolute atomic E-state index is 0.0318. The SMILES string of the molecule is COc1ccc(N2C(=O)CC[C@H]2c2nc3cc(-c4c(C)noc4C)ccc3n2[C@@H]2CCN(S(C)(=O)=O)C2)cc1. The topological polar surface area (TPSA) is 111 Å². The van der Waals surface area contributed by atoms with Crippen molar-refractivity contribution in [2.45, 2.75) is 45.2 Å². The second kappa shape index (κ2) is 9.49. The molecule has 2 aliphatic heterocycles. The number of amides is 1. The van der Waals surface area contributed by atoms with Gasteiger partial charge in [-0.25, -0.2) is 17.7 Å². The van der Waals surface area contributed by atoms with E-state index in [1.54, 1.807) is 7.11 Å². The smallest absolute Gasteiger partial charge is 0.227 e. The van der Waals surface area contributed by atoms with Crippen LogP contribution in [0.2, 0.25) is 0 Å². The van der Waals surface area contributed by atoms with Gasteiger partial charge >= 0.3 is 0 Å². The van der Waals surface area contributed by atoms with Crippen LogP contribution in [0.3, 0.4) is 0 Å². The number of rotatable bonds is 6. The average Bonchev–Trinajstić information content (AvgIpc) is 3.68. The lowest BCUT2D eigenvalue weighted by molar-refractivity contribution is -0.117. The number of anilines is 1. The van der Waals surface area contributed by atoms with Gasteiger partial charge in [0.2, 0.25) is 15.9 Å². The number of aromatic nitrogens is 3. The number of ether oxygens (including phenoxy) is 1. The molecule has 4 aromatic rings. The average molecular weight is 550 g/mol. The molecule has 2 saturated heterocycles. The fourth-order valence-electron chi connectivity index (χ4n) is 6.00. The van der Waals surface area contributed by atoms with Crippen LogP contribution in [0.5, 0.6) is 5.75 Å². The molecule has 204 valence electrons. The van der Waals surface area contributed by atoms with Gasteiger partial charge in [0, 0.05) is 30.8 Å². The summed E-state index contributed by atoms with van der Waals surface area (Å²) in [5.74, 6) is 2.25. The summed E-state index contributed by atoms with van der Waals surface area (Å²) in [5.41, 5.74) is 5.17. The van der Waals surface area contributed by atoms with Gasteiger partial charge in [-0.05, 0) is 68.7 Å². The second-order valence-electron chi connectivity index (χ2n) is 10.3. The largest absolute Gasteiger partial charge is 0.497 e. The third-order valence-corrected chi connectivity index (χ3v) is 9.13. The monoisotopic (exact) mass is 549 g/mol. The molecule has 2 atom stereocenters.